The molecule has 5 rings (SSSR count). The zero-order chi connectivity index (χ0) is 21.4. The van der Waals surface area contributed by atoms with Crippen molar-refractivity contribution in [2.24, 2.45) is 5.92 Å². The lowest BCUT2D eigenvalue weighted by atomic mass is 9.76. The molecule has 0 radical (unpaired) electrons. The first-order valence-electron chi connectivity index (χ1n) is 12.0. The van der Waals surface area contributed by atoms with E-state index in [2.05, 4.69) is 65.4 Å². The lowest BCUT2D eigenvalue weighted by Crippen LogP contribution is -2.59. The van der Waals surface area contributed by atoms with Crippen molar-refractivity contribution < 1.29 is 4.79 Å². The Kier molecular flexibility index (Phi) is 5.75. The van der Waals surface area contributed by atoms with Crippen LogP contribution in [-0.4, -0.2) is 48.1 Å². The highest BCUT2D eigenvalue weighted by atomic mass is 16.2. The molecule has 3 heterocycles. The normalized spacial score (nSPS) is 25.4. The molecule has 4 heteroatoms. The van der Waals surface area contributed by atoms with Crippen LogP contribution in [0, 0.1) is 19.8 Å². The smallest absolute Gasteiger partial charge is 0.317 e. The number of piperidine rings is 2. The molecule has 2 fully saturated rings. The van der Waals surface area contributed by atoms with E-state index < -0.39 is 0 Å². The molecule has 3 aliphatic heterocycles. The Morgan fingerprint density at radius 1 is 1.10 bits per heavy atom. The van der Waals surface area contributed by atoms with E-state index in [1.54, 1.807) is 0 Å². The Morgan fingerprint density at radius 3 is 2.74 bits per heavy atom. The molecule has 0 bridgehead atoms. The molecule has 31 heavy (non-hydrogen) atoms. The first kappa shape index (κ1) is 20.6. The van der Waals surface area contributed by atoms with Crippen LogP contribution in [0.1, 0.15) is 53.1 Å². The summed E-state index contributed by atoms with van der Waals surface area (Å²) < 4.78 is 0. The van der Waals surface area contributed by atoms with Gasteiger partial charge in [-0.15, -0.1) is 0 Å². The van der Waals surface area contributed by atoms with E-state index >= 15 is 0 Å². The van der Waals surface area contributed by atoms with Crippen LogP contribution >= 0.6 is 0 Å². The fourth-order valence-electron chi connectivity index (χ4n) is 6.05. The van der Waals surface area contributed by atoms with Gasteiger partial charge in [0.25, 0.3) is 0 Å². The summed E-state index contributed by atoms with van der Waals surface area (Å²) in [6.07, 6.45) is 5.50. The van der Waals surface area contributed by atoms with Gasteiger partial charge in [0.2, 0.25) is 0 Å². The predicted octanol–water partition coefficient (Wildman–Crippen LogP) is 4.64. The number of likely N-dealkylation sites (tertiary alicyclic amines) is 1. The number of aryl methyl sites for hydroxylation is 2. The highest BCUT2D eigenvalue weighted by Crippen LogP contribution is 2.43. The number of nitrogens with zero attached hydrogens (tertiary/aromatic N) is 2. The van der Waals surface area contributed by atoms with Gasteiger partial charge in [-0.2, -0.15) is 0 Å². The van der Waals surface area contributed by atoms with Crippen molar-refractivity contribution in [1.29, 1.82) is 0 Å². The number of carbonyl (C=O) groups excluding carboxylic acids is 1. The number of rotatable bonds is 3. The summed E-state index contributed by atoms with van der Waals surface area (Å²) in [7, 11) is 0. The highest BCUT2D eigenvalue weighted by molar-refractivity contribution is 5.74. The Hall–Kier alpha value is -2.33. The van der Waals surface area contributed by atoms with Gasteiger partial charge >= 0.3 is 6.03 Å². The standard InChI is InChI=1S/C27H35N3O/c1-19-15-22-11-14-29-18-23-9-6-13-30(25(23)17-26(29)24(22)16-20(19)2)27(31)28-12-10-21-7-4-3-5-8-21/h3-5,7-8,15-16,23,25-26H,6,9-14,17-18H2,1-2H3,(H,28,31)/t23-,25+,26+/m0/s1. The zero-order valence-electron chi connectivity index (χ0n) is 18.9. The molecular formula is C27H35N3O. The summed E-state index contributed by atoms with van der Waals surface area (Å²) in [5.74, 6) is 0.609. The van der Waals surface area contributed by atoms with E-state index in [0.29, 0.717) is 24.5 Å². The average Bonchev–Trinajstić information content (AvgIpc) is 2.79. The quantitative estimate of drug-likeness (QED) is 0.790. The molecule has 0 unspecified atom stereocenters. The zero-order valence-corrected chi connectivity index (χ0v) is 18.9. The number of amides is 2. The molecule has 2 aromatic carbocycles. The van der Waals surface area contributed by atoms with E-state index in [1.165, 1.54) is 34.2 Å². The summed E-state index contributed by atoms with van der Waals surface area (Å²) in [4.78, 5) is 18.0. The van der Waals surface area contributed by atoms with Crippen LogP contribution < -0.4 is 5.32 Å². The predicted molar refractivity (Wildman–Crippen MR) is 125 cm³/mol. The molecule has 0 aliphatic carbocycles. The van der Waals surface area contributed by atoms with E-state index in [0.717, 1.165) is 45.3 Å². The SMILES string of the molecule is Cc1cc2c(cc1C)[C@H]1C[C@@H]3[C@@H](CCCN3C(=O)NCCc3ccccc3)CN1CC2. The van der Waals surface area contributed by atoms with Crippen molar-refractivity contribution >= 4 is 6.03 Å². The molecule has 3 atom stereocenters. The number of urea groups is 1. The maximum Gasteiger partial charge on any atom is 0.317 e. The van der Waals surface area contributed by atoms with Crippen LogP contribution in [0.2, 0.25) is 0 Å². The van der Waals surface area contributed by atoms with E-state index in [1.807, 2.05) is 6.07 Å². The monoisotopic (exact) mass is 417 g/mol. The second kappa shape index (κ2) is 8.66. The lowest BCUT2D eigenvalue weighted by molar-refractivity contribution is 0.00576. The van der Waals surface area contributed by atoms with E-state index in [9.17, 15) is 4.79 Å². The maximum atomic E-state index is 13.1. The molecule has 0 aromatic heterocycles. The number of hydrogen-bond acceptors (Lipinski definition) is 2. The number of fused-ring (bicyclic) bond motifs is 4. The van der Waals surface area contributed by atoms with Gasteiger partial charge in [-0.1, -0.05) is 42.5 Å². The van der Waals surface area contributed by atoms with Crippen LogP contribution in [0.5, 0.6) is 0 Å². The minimum atomic E-state index is 0.134. The molecule has 164 valence electrons. The van der Waals surface area contributed by atoms with Crippen LogP contribution in [-0.2, 0) is 12.8 Å². The van der Waals surface area contributed by atoms with Crippen LogP contribution in [0.4, 0.5) is 4.79 Å². The van der Waals surface area contributed by atoms with Gasteiger partial charge in [0.05, 0.1) is 0 Å². The van der Waals surface area contributed by atoms with Gasteiger partial charge in [0.1, 0.15) is 0 Å². The van der Waals surface area contributed by atoms with E-state index in [4.69, 9.17) is 0 Å². The lowest BCUT2D eigenvalue weighted by Gasteiger charge is -2.52. The molecular weight excluding hydrogens is 382 g/mol. The Bertz CT molecular complexity index is 941. The van der Waals surface area contributed by atoms with Gasteiger partial charge in [-0.3, -0.25) is 4.90 Å². The first-order chi connectivity index (χ1) is 15.1. The van der Waals surface area contributed by atoms with Gasteiger partial charge < -0.3 is 10.2 Å². The number of hydrogen-bond donors (Lipinski definition) is 1. The van der Waals surface area contributed by atoms with Crippen LogP contribution in [0.15, 0.2) is 42.5 Å². The first-order valence-corrected chi connectivity index (χ1v) is 12.0. The largest absolute Gasteiger partial charge is 0.338 e. The van der Waals surface area contributed by atoms with Crippen molar-refractivity contribution in [2.75, 3.05) is 26.2 Å². The topological polar surface area (TPSA) is 35.6 Å². The second-order valence-corrected chi connectivity index (χ2v) is 9.76. The second-order valence-electron chi connectivity index (χ2n) is 9.76. The van der Waals surface area contributed by atoms with Crippen LogP contribution in [0.25, 0.3) is 0 Å². The summed E-state index contributed by atoms with van der Waals surface area (Å²) in [5.41, 5.74) is 7.11. The van der Waals surface area contributed by atoms with Crippen LogP contribution in [0.3, 0.4) is 0 Å². The van der Waals surface area contributed by atoms with Gasteiger partial charge in [-0.05, 0) is 79.7 Å². The maximum absolute atomic E-state index is 13.1. The summed E-state index contributed by atoms with van der Waals surface area (Å²) in [5, 5.41) is 3.22. The third-order valence-electron chi connectivity index (χ3n) is 7.87. The minimum Gasteiger partial charge on any atom is -0.338 e. The van der Waals surface area contributed by atoms with Gasteiger partial charge in [0.15, 0.2) is 0 Å². The fraction of sp³-hybridized carbons (Fsp3) is 0.519. The Labute approximate surface area is 186 Å². The van der Waals surface area contributed by atoms with Gasteiger partial charge in [0, 0.05) is 38.3 Å². The summed E-state index contributed by atoms with van der Waals surface area (Å²) >= 11 is 0. The third kappa shape index (κ3) is 4.10. The molecule has 0 spiro atoms. The third-order valence-corrected chi connectivity index (χ3v) is 7.87. The van der Waals surface area contributed by atoms with Crippen molar-refractivity contribution in [3.05, 3.63) is 70.3 Å². The molecule has 0 saturated carbocycles. The molecule has 1 N–H and O–H groups in total. The van der Waals surface area contributed by atoms with Gasteiger partial charge in [-0.25, -0.2) is 4.79 Å². The minimum absolute atomic E-state index is 0.134. The Morgan fingerprint density at radius 2 is 1.90 bits per heavy atom. The molecule has 2 aromatic rings. The van der Waals surface area contributed by atoms with Crippen molar-refractivity contribution in [2.45, 2.75) is 58.0 Å². The highest BCUT2D eigenvalue weighted by Gasteiger charge is 2.43. The Balaban J connectivity index is 1.29. The molecule has 2 amide bonds. The molecule has 2 saturated heterocycles. The summed E-state index contributed by atoms with van der Waals surface area (Å²) in [6, 6.07) is 16.2. The van der Waals surface area contributed by atoms with Crippen molar-refractivity contribution in [3.63, 3.8) is 0 Å². The van der Waals surface area contributed by atoms with Crippen molar-refractivity contribution in [3.8, 4) is 0 Å². The molecule has 3 aliphatic rings. The fourth-order valence-corrected chi connectivity index (χ4v) is 6.05. The number of benzene rings is 2. The number of carbonyl (C=O) groups is 1. The number of nitrogens with one attached hydrogen (secondary N) is 1. The van der Waals surface area contributed by atoms with E-state index in [-0.39, 0.29) is 6.03 Å². The molecule has 4 nitrogen and oxygen atoms in total. The summed E-state index contributed by atoms with van der Waals surface area (Å²) in [6.45, 7) is 8.34. The van der Waals surface area contributed by atoms with Crippen molar-refractivity contribution in [1.82, 2.24) is 15.1 Å². The average molecular weight is 418 g/mol.